The monoisotopic (exact) mass is 270 g/mol. The van der Waals surface area contributed by atoms with Crippen molar-refractivity contribution in [2.75, 3.05) is 0 Å². The van der Waals surface area contributed by atoms with Gasteiger partial charge in [0, 0.05) is 11.3 Å². The lowest BCUT2D eigenvalue weighted by molar-refractivity contribution is 0.403. The normalized spacial score (nSPS) is 11.2. The van der Waals surface area contributed by atoms with E-state index in [4.69, 9.17) is 9.05 Å². The van der Waals surface area contributed by atoms with Crippen LogP contribution in [0.4, 0.5) is 0 Å². The van der Waals surface area contributed by atoms with Crippen LogP contribution < -0.4 is 0 Å². The van der Waals surface area contributed by atoms with E-state index in [0.717, 1.165) is 15.2 Å². The second kappa shape index (κ2) is 3.99. The van der Waals surface area contributed by atoms with E-state index in [-0.39, 0.29) is 0 Å². The summed E-state index contributed by atoms with van der Waals surface area (Å²) in [5.74, 6) is 0.509. The summed E-state index contributed by atoms with van der Waals surface area (Å²) in [5.41, 5.74) is 2.04. The fourth-order valence-corrected chi connectivity index (χ4v) is 2.75. The molecule has 1 aromatic carbocycles. The van der Waals surface area contributed by atoms with E-state index in [1.807, 2.05) is 24.3 Å². The molecule has 0 atom stereocenters. The number of thiazole rings is 1. The molecule has 0 fully saturated rings. The van der Waals surface area contributed by atoms with E-state index < -0.39 is 0 Å². The highest BCUT2D eigenvalue weighted by atomic mass is 32.1. The predicted molar refractivity (Wildman–Crippen MR) is 68.4 cm³/mol. The van der Waals surface area contributed by atoms with Gasteiger partial charge in [0.05, 0.1) is 10.2 Å². The maximum Gasteiger partial charge on any atom is 0.225 e. The molecule has 3 aromatic heterocycles. The molecule has 0 aliphatic rings. The molecule has 4 aromatic rings. The first kappa shape index (κ1) is 10.4. The lowest BCUT2D eigenvalue weighted by atomic mass is 10.2. The minimum Gasteiger partial charge on any atom is -0.364 e. The van der Waals surface area contributed by atoms with E-state index in [1.165, 1.54) is 17.6 Å². The minimum atomic E-state index is 0.509. The first-order valence-corrected chi connectivity index (χ1v) is 6.32. The molecular weight excluding hydrogens is 264 g/mol. The zero-order chi connectivity index (χ0) is 12.7. The molecule has 7 heteroatoms. The quantitative estimate of drug-likeness (QED) is 0.557. The highest BCUT2D eigenvalue weighted by Gasteiger charge is 2.20. The van der Waals surface area contributed by atoms with Crippen molar-refractivity contribution >= 4 is 21.6 Å². The zero-order valence-electron chi connectivity index (χ0n) is 9.48. The summed E-state index contributed by atoms with van der Waals surface area (Å²) in [5, 5.41) is 12.1. The van der Waals surface area contributed by atoms with Crippen molar-refractivity contribution in [2.24, 2.45) is 0 Å². The lowest BCUT2D eigenvalue weighted by Gasteiger charge is -1.89. The third-order valence-electron chi connectivity index (χ3n) is 2.66. The molecule has 0 aliphatic carbocycles. The Morgan fingerprint density at radius 3 is 2.89 bits per heavy atom. The SMILES string of the molecule is c1ccc2sc(-c3onnc3-c3ccon3)nc2c1. The fraction of sp³-hybridized carbons (Fsp3) is 0. The Morgan fingerprint density at radius 1 is 1.11 bits per heavy atom. The summed E-state index contributed by atoms with van der Waals surface area (Å²) in [4.78, 5) is 4.51. The highest BCUT2D eigenvalue weighted by Crippen LogP contribution is 2.34. The Bertz CT molecular complexity index is 801. The molecule has 92 valence electrons. The molecule has 0 bridgehead atoms. The second-order valence-corrected chi connectivity index (χ2v) is 4.85. The van der Waals surface area contributed by atoms with Gasteiger partial charge in [0.25, 0.3) is 0 Å². The van der Waals surface area contributed by atoms with Crippen LogP contribution in [-0.2, 0) is 0 Å². The van der Waals surface area contributed by atoms with Crippen LogP contribution in [0.25, 0.3) is 32.4 Å². The molecule has 0 radical (unpaired) electrons. The minimum absolute atomic E-state index is 0.509. The summed E-state index contributed by atoms with van der Waals surface area (Å²) < 4.78 is 11.1. The maximum atomic E-state index is 5.21. The topological polar surface area (TPSA) is 77.8 Å². The Hall–Kier alpha value is -2.54. The molecule has 0 spiro atoms. The van der Waals surface area contributed by atoms with Gasteiger partial charge >= 0.3 is 0 Å². The number of nitrogens with zero attached hydrogens (tertiary/aromatic N) is 4. The van der Waals surface area contributed by atoms with Gasteiger partial charge in [-0.25, -0.2) is 4.98 Å². The number of hydrogen-bond acceptors (Lipinski definition) is 7. The maximum absolute atomic E-state index is 5.21. The van der Waals surface area contributed by atoms with Crippen LogP contribution in [0.15, 0.2) is 45.6 Å². The number of benzene rings is 1. The predicted octanol–water partition coefficient (Wildman–Crippen LogP) is 3.00. The fourth-order valence-electron chi connectivity index (χ4n) is 1.80. The summed E-state index contributed by atoms with van der Waals surface area (Å²) in [6.45, 7) is 0. The molecule has 4 rings (SSSR count). The summed E-state index contributed by atoms with van der Waals surface area (Å²) in [6.07, 6.45) is 1.48. The Morgan fingerprint density at radius 2 is 2.05 bits per heavy atom. The van der Waals surface area contributed by atoms with Crippen LogP contribution >= 0.6 is 11.3 Å². The van der Waals surface area contributed by atoms with E-state index >= 15 is 0 Å². The van der Waals surface area contributed by atoms with Crippen LogP contribution in [0.3, 0.4) is 0 Å². The van der Waals surface area contributed by atoms with Gasteiger partial charge in [-0.2, -0.15) is 0 Å². The summed E-state index contributed by atoms with van der Waals surface area (Å²) in [6, 6.07) is 9.59. The van der Waals surface area contributed by atoms with E-state index in [0.29, 0.717) is 17.1 Å². The molecule has 0 unspecified atom stereocenters. The van der Waals surface area contributed by atoms with Crippen molar-refractivity contribution in [3.8, 4) is 22.2 Å². The summed E-state index contributed by atoms with van der Waals surface area (Å²) in [7, 11) is 0. The van der Waals surface area contributed by atoms with Gasteiger partial charge in [-0.3, -0.25) is 0 Å². The van der Waals surface area contributed by atoms with E-state index in [1.54, 1.807) is 6.07 Å². The summed E-state index contributed by atoms with van der Waals surface area (Å²) >= 11 is 1.52. The number of fused-ring (bicyclic) bond motifs is 1. The molecule has 0 aliphatic heterocycles. The standard InChI is InChI=1S/C12H6N4O2S/c1-2-4-9-7(3-1)13-12(19-9)11-10(14-16-18-11)8-5-6-17-15-8/h1-6H. The van der Waals surface area contributed by atoms with Crippen LogP contribution in [0.1, 0.15) is 0 Å². The van der Waals surface area contributed by atoms with Gasteiger partial charge in [-0.1, -0.05) is 17.3 Å². The Labute approximate surface area is 110 Å². The molecule has 0 saturated heterocycles. The smallest absolute Gasteiger partial charge is 0.225 e. The van der Waals surface area contributed by atoms with Crippen molar-refractivity contribution in [3.63, 3.8) is 0 Å². The molecule has 6 nitrogen and oxygen atoms in total. The molecule has 19 heavy (non-hydrogen) atoms. The Balaban J connectivity index is 1.91. The number of hydrogen-bond donors (Lipinski definition) is 0. The van der Waals surface area contributed by atoms with Gasteiger partial charge in [-0.05, 0) is 12.1 Å². The molecule has 3 heterocycles. The Kier molecular flexibility index (Phi) is 2.18. The van der Waals surface area contributed by atoms with Crippen molar-refractivity contribution in [2.45, 2.75) is 0 Å². The second-order valence-electron chi connectivity index (χ2n) is 3.82. The third-order valence-corrected chi connectivity index (χ3v) is 3.69. The van der Waals surface area contributed by atoms with Gasteiger partial charge < -0.3 is 9.05 Å². The molecule has 0 amide bonds. The zero-order valence-corrected chi connectivity index (χ0v) is 10.3. The average Bonchev–Trinajstić information content (AvgIpc) is 3.17. The number of rotatable bonds is 2. The van der Waals surface area contributed by atoms with Gasteiger partial charge in [0.15, 0.2) is 10.7 Å². The van der Waals surface area contributed by atoms with E-state index in [2.05, 4.69) is 20.5 Å². The van der Waals surface area contributed by atoms with Crippen LogP contribution in [0.5, 0.6) is 0 Å². The first-order chi connectivity index (χ1) is 9.42. The van der Waals surface area contributed by atoms with Crippen molar-refractivity contribution in [1.29, 1.82) is 0 Å². The van der Waals surface area contributed by atoms with Crippen molar-refractivity contribution < 1.29 is 9.05 Å². The molecule has 0 saturated carbocycles. The number of para-hydroxylation sites is 1. The van der Waals surface area contributed by atoms with Crippen molar-refractivity contribution in [3.05, 3.63) is 36.6 Å². The third kappa shape index (κ3) is 1.63. The van der Waals surface area contributed by atoms with Crippen LogP contribution in [-0.4, -0.2) is 20.5 Å². The number of aromatic nitrogens is 4. The van der Waals surface area contributed by atoms with Gasteiger partial charge in [-0.15, -0.1) is 16.4 Å². The first-order valence-electron chi connectivity index (χ1n) is 5.51. The highest BCUT2D eigenvalue weighted by molar-refractivity contribution is 7.21. The molecular formula is C12H6N4O2S. The average molecular weight is 270 g/mol. The van der Waals surface area contributed by atoms with E-state index in [9.17, 15) is 0 Å². The van der Waals surface area contributed by atoms with Gasteiger partial charge in [0.2, 0.25) is 5.76 Å². The van der Waals surface area contributed by atoms with Crippen molar-refractivity contribution in [1.82, 2.24) is 20.5 Å². The van der Waals surface area contributed by atoms with Crippen LogP contribution in [0, 0.1) is 0 Å². The molecule has 0 N–H and O–H groups in total. The van der Waals surface area contributed by atoms with Crippen LogP contribution in [0.2, 0.25) is 0 Å². The van der Waals surface area contributed by atoms with Gasteiger partial charge in [0.1, 0.15) is 12.0 Å². The lowest BCUT2D eigenvalue weighted by Crippen LogP contribution is -1.81. The largest absolute Gasteiger partial charge is 0.364 e.